The molecule has 0 spiro atoms. The number of H-pyrrole nitrogens is 2. The third kappa shape index (κ3) is 2.83. The Labute approximate surface area is 116 Å². The number of nitrogens with zero attached hydrogens (tertiary/aromatic N) is 1. The van der Waals surface area contributed by atoms with Gasteiger partial charge in [0.2, 0.25) is 0 Å². The Balaban J connectivity index is 2.30. The molecule has 0 fully saturated rings. The van der Waals surface area contributed by atoms with Gasteiger partial charge in [0.25, 0.3) is 11.2 Å². The molecule has 110 valence electrons. The monoisotopic (exact) mass is 292 g/mol. The Hall–Kier alpha value is -3.30. The minimum atomic E-state index is -0.915. The number of nitro groups is 1. The highest BCUT2D eigenvalue weighted by Gasteiger charge is 2.13. The summed E-state index contributed by atoms with van der Waals surface area (Å²) in [6.07, 6.45) is 0. The molecule has 10 heteroatoms. The summed E-state index contributed by atoms with van der Waals surface area (Å²) >= 11 is 0. The Kier molecular flexibility index (Phi) is 3.61. The summed E-state index contributed by atoms with van der Waals surface area (Å²) in [7, 11) is 0. The van der Waals surface area contributed by atoms with Crippen LogP contribution in [0.3, 0.4) is 0 Å². The van der Waals surface area contributed by atoms with E-state index >= 15 is 0 Å². The average Bonchev–Trinajstić information content (AvgIpc) is 2.38. The molecule has 2 rings (SSSR count). The van der Waals surface area contributed by atoms with Crippen molar-refractivity contribution < 1.29 is 10.0 Å². The van der Waals surface area contributed by atoms with Crippen LogP contribution in [-0.2, 0) is 0 Å². The lowest BCUT2D eigenvalue weighted by atomic mass is 10.1. The number of aromatic nitrogens is 2. The predicted octanol–water partition coefficient (Wildman–Crippen LogP) is -0.208. The Morgan fingerprint density at radius 2 is 1.90 bits per heavy atom. The second-order valence-corrected chi connectivity index (χ2v) is 4.07. The number of nitro benzene ring substituents is 1. The van der Waals surface area contributed by atoms with Gasteiger partial charge in [-0.2, -0.15) is 0 Å². The quantitative estimate of drug-likeness (QED) is 0.448. The normalized spacial score (nSPS) is 10.1. The highest BCUT2D eigenvalue weighted by molar-refractivity contribution is 5.63. The van der Waals surface area contributed by atoms with E-state index in [1.807, 2.05) is 9.97 Å². The Bertz CT molecular complexity index is 809. The maximum Gasteiger partial charge on any atom is 0.325 e. The highest BCUT2D eigenvalue weighted by atomic mass is 16.6. The molecule has 0 radical (unpaired) electrons. The van der Waals surface area contributed by atoms with Crippen LogP contribution in [0, 0.1) is 17.0 Å². The molecule has 0 saturated carbocycles. The number of nitrogens with one attached hydrogen (secondary N) is 4. The van der Waals surface area contributed by atoms with Gasteiger partial charge in [-0.05, 0) is 18.9 Å². The van der Waals surface area contributed by atoms with Crippen molar-refractivity contribution >= 4 is 17.1 Å². The minimum absolute atomic E-state index is 0.112. The average molecular weight is 292 g/mol. The molecule has 0 unspecified atom stereocenters. The first-order chi connectivity index (χ1) is 9.90. The lowest BCUT2D eigenvalue weighted by molar-refractivity contribution is -0.385. The lowest BCUT2D eigenvalue weighted by Crippen LogP contribution is -2.29. The smallest absolute Gasteiger partial charge is 0.325 e. The number of rotatable bonds is 4. The molecule has 0 amide bonds. The van der Waals surface area contributed by atoms with Crippen molar-refractivity contribution in [3.05, 3.63) is 54.7 Å². The second kappa shape index (κ2) is 5.36. The number of hydrazine groups is 1. The summed E-state index contributed by atoms with van der Waals surface area (Å²) in [6.45, 7) is 1.51. The summed E-state index contributed by atoms with van der Waals surface area (Å²) in [5.74, 6) is -0.903. The van der Waals surface area contributed by atoms with Crippen molar-refractivity contribution in [3.63, 3.8) is 0 Å². The third-order valence-corrected chi connectivity index (χ3v) is 2.73. The van der Waals surface area contributed by atoms with Crippen LogP contribution in [0.5, 0.6) is 5.88 Å². The lowest BCUT2D eigenvalue weighted by Gasteiger charge is -2.15. The fourth-order valence-corrected chi connectivity index (χ4v) is 1.67. The van der Waals surface area contributed by atoms with Crippen molar-refractivity contribution in [2.75, 3.05) is 10.9 Å². The summed E-state index contributed by atoms with van der Waals surface area (Å²) in [4.78, 5) is 36.4. The minimum Gasteiger partial charge on any atom is -0.858 e. The summed E-state index contributed by atoms with van der Waals surface area (Å²) in [5.41, 5.74) is 3.14. The molecule has 4 N–H and O–H groups in total. The molecule has 21 heavy (non-hydrogen) atoms. The van der Waals surface area contributed by atoms with Gasteiger partial charge < -0.3 is 15.5 Å². The maximum absolute atomic E-state index is 11.5. The van der Waals surface area contributed by atoms with Crippen LogP contribution in [0.4, 0.5) is 17.1 Å². The van der Waals surface area contributed by atoms with E-state index in [1.165, 1.54) is 25.1 Å². The molecule has 1 aromatic heterocycles. The van der Waals surface area contributed by atoms with Crippen molar-refractivity contribution in [1.82, 2.24) is 9.97 Å². The number of hydrogen-bond acceptors (Lipinski definition) is 7. The number of aromatic amines is 2. The van der Waals surface area contributed by atoms with Crippen LogP contribution in [0.2, 0.25) is 0 Å². The zero-order valence-electron chi connectivity index (χ0n) is 10.7. The van der Waals surface area contributed by atoms with Crippen LogP contribution in [0.25, 0.3) is 0 Å². The Morgan fingerprint density at radius 1 is 1.19 bits per heavy atom. The van der Waals surface area contributed by atoms with E-state index in [9.17, 15) is 24.8 Å². The topological polar surface area (TPSA) is 156 Å². The van der Waals surface area contributed by atoms with Crippen LogP contribution in [0.1, 0.15) is 5.56 Å². The number of anilines is 2. The third-order valence-electron chi connectivity index (χ3n) is 2.73. The maximum atomic E-state index is 11.5. The first-order valence-electron chi connectivity index (χ1n) is 5.70. The van der Waals surface area contributed by atoms with Gasteiger partial charge in [0.15, 0.2) is 0 Å². The van der Waals surface area contributed by atoms with E-state index < -0.39 is 27.7 Å². The molecule has 1 aromatic carbocycles. The van der Waals surface area contributed by atoms with Crippen molar-refractivity contribution in [1.29, 1.82) is 0 Å². The number of benzene rings is 1. The fourth-order valence-electron chi connectivity index (χ4n) is 1.67. The van der Waals surface area contributed by atoms with E-state index in [0.29, 0.717) is 11.3 Å². The molecular weight excluding hydrogens is 282 g/mol. The first-order valence-corrected chi connectivity index (χ1v) is 5.70. The molecule has 0 bridgehead atoms. The SMILES string of the molecule is Cc1c(NNc2c([O-])[nH]c(=O)[nH]c2=O)cccc1[N+](=O)[O-]. The highest BCUT2D eigenvalue weighted by Crippen LogP contribution is 2.25. The van der Waals surface area contributed by atoms with Crippen molar-refractivity contribution in [2.45, 2.75) is 6.92 Å². The van der Waals surface area contributed by atoms with Gasteiger partial charge in [0.1, 0.15) is 5.69 Å². The van der Waals surface area contributed by atoms with Crippen LogP contribution in [0.15, 0.2) is 27.8 Å². The molecule has 2 aromatic rings. The Morgan fingerprint density at radius 3 is 2.52 bits per heavy atom. The molecule has 10 nitrogen and oxygen atoms in total. The van der Waals surface area contributed by atoms with E-state index in [2.05, 4.69) is 10.9 Å². The van der Waals surface area contributed by atoms with Gasteiger partial charge in [-0.1, -0.05) is 6.07 Å². The summed E-state index contributed by atoms with van der Waals surface area (Å²) < 4.78 is 0. The van der Waals surface area contributed by atoms with Crippen LogP contribution < -0.4 is 27.2 Å². The van der Waals surface area contributed by atoms with Crippen LogP contribution >= 0.6 is 0 Å². The molecule has 0 aliphatic carbocycles. The molecule has 0 aliphatic rings. The summed E-state index contributed by atoms with van der Waals surface area (Å²) in [6, 6.07) is 4.30. The van der Waals surface area contributed by atoms with Crippen LogP contribution in [-0.4, -0.2) is 14.9 Å². The van der Waals surface area contributed by atoms with Gasteiger partial charge in [-0.15, -0.1) is 0 Å². The summed E-state index contributed by atoms with van der Waals surface area (Å²) in [5, 5.41) is 22.3. The van der Waals surface area contributed by atoms with Gasteiger partial charge in [0.05, 0.1) is 16.2 Å². The van der Waals surface area contributed by atoms with Crippen molar-refractivity contribution in [2.24, 2.45) is 0 Å². The van der Waals surface area contributed by atoms with Gasteiger partial charge in [-0.25, -0.2) is 4.79 Å². The van der Waals surface area contributed by atoms with E-state index in [-0.39, 0.29) is 5.69 Å². The zero-order chi connectivity index (χ0) is 15.6. The second-order valence-electron chi connectivity index (χ2n) is 4.07. The first kappa shape index (κ1) is 14.1. The van der Waals surface area contributed by atoms with Gasteiger partial charge >= 0.3 is 5.69 Å². The van der Waals surface area contributed by atoms with Gasteiger partial charge in [0, 0.05) is 6.07 Å². The van der Waals surface area contributed by atoms with E-state index in [0.717, 1.165) is 0 Å². The fraction of sp³-hybridized carbons (Fsp3) is 0.0909. The molecule has 0 atom stereocenters. The molecule has 1 heterocycles. The zero-order valence-corrected chi connectivity index (χ0v) is 10.7. The largest absolute Gasteiger partial charge is 0.858 e. The molecular formula is C11H10N5O5-. The molecule has 0 aliphatic heterocycles. The van der Waals surface area contributed by atoms with E-state index in [1.54, 1.807) is 0 Å². The number of hydrogen-bond donors (Lipinski definition) is 4. The standard InChI is InChI=1S/C11H11N5O5/c1-5-6(3-2-4-7(5)16(20)21)14-15-8-9(17)12-11(19)13-10(8)18/h2-4,14-15H,1H3,(H3,12,13,17,18,19)/p-1. The van der Waals surface area contributed by atoms with Gasteiger partial charge in [-0.3, -0.25) is 25.3 Å². The molecule has 0 saturated heterocycles. The van der Waals surface area contributed by atoms with E-state index in [4.69, 9.17) is 0 Å². The predicted molar refractivity (Wildman–Crippen MR) is 72.2 cm³/mol. The van der Waals surface area contributed by atoms with Crippen molar-refractivity contribution in [3.8, 4) is 5.88 Å².